The van der Waals surface area contributed by atoms with Crippen molar-refractivity contribution in [2.45, 2.75) is 19.9 Å². The van der Waals surface area contributed by atoms with Crippen molar-refractivity contribution in [3.05, 3.63) is 108 Å². The van der Waals surface area contributed by atoms with Crippen molar-refractivity contribution >= 4 is 33.2 Å². The zero-order valence-corrected chi connectivity index (χ0v) is 17.5. The van der Waals surface area contributed by atoms with Crippen LogP contribution in [0, 0.1) is 0 Å². The predicted molar refractivity (Wildman–Crippen MR) is 129 cm³/mol. The highest BCUT2D eigenvalue weighted by atomic mass is 15.1. The third-order valence-electron chi connectivity index (χ3n) is 6.05. The Labute approximate surface area is 178 Å². The van der Waals surface area contributed by atoms with Crippen molar-refractivity contribution in [1.29, 1.82) is 0 Å². The molecule has 0 aliphatic heterocycles. The SMILES string of the molecule is CCn1c2ccccc2c2cccc(Cc3ccc(N(C)c4ccccc4)cc3)c21. The number of hydrogen-bond donors (Lipinski definition) is 0. The van der Waals surface area contributed by atoms with Crippen molar-refractivity contribution in [1.82, 2.24) is 4.57 Å². The molecule has 0 bridgehead atoms. The van der Waals surface area contributed by atoms with E-state index in [2.05, 4.69) is 121 Å². The van der Waals surface area contributed by atoms with Gasteiger partial charge in [-0.05, 0) is 54.8 Å². The van der Waals surface area contributed by atoms with Crippen LogP contribution in [-0.4, -0.2) is 11.6 Å². The lowest BCUT2D eigenvalue weighted by Crippen LogP contribution is -2.09. The van der Waals surface area contributed by atoms with Crippen LogP contribution in [0.25, 0.3) is 21.8 Å². The van der Waals surface area contributed by atoms with E-state index in [1.54, 1.807) is 0 Å². The van der Waals surface area contributed by atoms with Crippen molar-refractivity contribution < 1.29 is 0 Å². The van der Waals surface area contributed by atoms with E-state index in [9.17, 15) is 0 Å². The van der Waals surface area contributed by atoms with Gasteiger partial charge >= 0.3 is 0 Å². The molecule has 0 N–H and O–H groups in total. The number of aromatic nitrogens is 1. The Bertz CT molecular complexity index is 1300. The van der Waals surface area contributed by atoms with Gasteiger partial charge in [0.25, 0.3) is 0 Å². The largest absolute Gasteiger partial charge is 0.345 e. The van der Waals surface area contributed by atoms with Crippen LogP contribution in [0.5, 0.6) is 0 Å². The van der Waals surface area contributed by atoms with E-state index in [-0.39, 0.29) is 0 Å². The highest BCUT2D eigenvalue weighted by Gasteiger charge is 2.13. The average molecular weight is 391 g/mol. The number of aryl methyl sites for hydroxylation is 1. The molecule has 0 atom stereocenters. The molecule has 148 valence electrons. The molecule has 5 rings (SSSR count). The molecule has 4 aromatic carbocycles. The molecule has 0 saturated heterocycles. The summed E-state index contributed by atoms with van der Waals surface area (Å²) in [6.45, 7) is 3.21. The topological polar surface area (TPSA) is 8.17 Å². The van der Waals surface area contributed by atoms with Gasteiger partial charge < -0.3 is 9.47 Å². The summed E-state index contributed by atoms with van der Waals surface area (Å²) in [4.78, 5) is 2.22. The van der Waals surface area contributed by atoms with E-state index >= 15 is 0 Å². The average Bonchev–Trinajstić information content (AvgIpc) is 3.14. The molecule has 30 heavy (non-hydrogen) atoms. The normalized spacial score (nSPS) is 11.3. The van der Waals surface area contributed by atoms with Crippen LogP contribution in [0.4, 0.5) is 11.4 Å². The Morgan fingerprint density at radius 1 is 0.667 bits per heavy atom. The highest BCUT2D eigenvalue weighted by molar-refractivity contribution is 6.09. The number of nitrogens with zero attached hydrogens (tertiary/aromatic N) is 2. The second-order valence-electron chi connectivity index (χ2n) is 7.81. The molecule has 0 saturated carbocycles. The molecular weight excluding hydrogens is 364 g/mol. The second kappa shape index (κ2) is 7.72. The number of anilines is 2. The van der Waals surface area contributed by atoms with Crippen LogP contribution in [0.15, 0.2) is 97.1 Å². The predicted octanol–water partition coefficient (Wildman–Crippen LogP) is 7.17. The van der Waals surface area contributed by atoms with Crippen LogP contribution < -0.4 is 4.90 Å². The molecule has 0 aliphatic rings. The molecule has 1 aromatic heterocycles. The Hall–Kier alpha value is -3.52. The molecule has 0 spiro atoms. The van der Waals surface area contributed by atoms with Crippen LogP contribution in [0.1, 0.15) is 18.1 Å². The standard InChI is InChI=1S/C28H26N2/c1-3-30-27-15-8-7-13-25(27)26-14-9-10-22(28(26)30)20-21-16-18-24(19-17-21)29(2)23-11-5-4-6-12-23/h4-19H,3,20H2,1-2H3. The van der Waals surface area contributed by atoms with Gasteiger partial charge in [0.05, 0.1) is 5.52 Å². The number of para-hydroxylation sites is 3. The first-order chi connectivity index (χ1) is 14.8. The number of rotatable bonds is 5. The maximum Gasteiger partial charge on any atom is 0.0527 e. The number of benzene rings is 4. The molecule has 0 fully saturated rings. The molecule has 2 nitrogen and oxygen atoms in total. The van der Waals surface area contributed by atoms with Gasteiger partial charge in [-0.15, -0.1) is 0 Å². The number of fused-ring (bicyclic) bond motifs is 3. The van der Waals surface area contributed by atoms with Crippen molar-refractivity contribution in [2.75, 3.05) is 11.9 Å². The van der Waals surface area contributed by atoms with Gasteiger partial charge in [0.1, 0.15) is 0 Å². The molecular formula is C28H26N2. The summed E-state index contributed by atoms with van der Waals surface area (Å²) < 4.78 is 2.46. The molecule has 0 amide bonds. The molecule has 2 heteroatoms. The lowest BCUT2D eigenvalue weighted by atomic mass is 10.0. The van der Waals surface area contributed by atoms with Crippen molar-refractivity contribution in [3.63, 3.8) is 0 Å². The first-order valence-corrected chi connectivity index (χ1v) is 10.6. The molecule has 0 radical (unpaired) electrons. The van der Waals surface area contributed by atoms with Gasteiger partial charge in [0.2, 0.25) is 0 Å². The van der Waals surface area contributed by atoms with E-state index in [4.69, 9.17) is 0 Å². The van der Waals surface area contributed by atoms with Gasteiger partial charge in [-0.25, -0.2) is 0 Å². The summed E-state index contributed by atoms with van der Waals surface area (Å²) in [5.41, 5.74) is 7.80. The minimum atomic E-state index is 0.934. The van der Waals surface area contributed by atoms with E-state index < -0.39 is 0 Å². The lowest BCUT2D eigenvalue weighted by molar-refractivity contribution is 0.823. The summed E-state index contributed by atoms with van der Waals surface area (Å²) in [6.07, 6.45) is 0.934. The van der Waals surface area contributed by atoms with Gasteiger partial charge in [-0.2, -0.15) is 0 Å². The fourth-order valence-electron chi connectivity index (χ4n) is 4.51. The molecule has 5 aromatic rings. The van der Waals surface area contributed by atoms with Crippen molar-refractivity contribution in [3.8, 4) is 0 Å². The zero-order chi connectivity index (χ0) is 20.5. The fourth-order valence-corrected chi connectivity index (χ4v) is 4.51. The zero-order valence-electron chi connectivity index (χ0n) is 17.5. The quantitative estimate of drug-likeness (QED) is 0.309. The molecule has 0 unspecified atom stereocenters. The van der Waals surface area contributed by atoms with E-state index in [1.807, 2.05) is 0 Å². The first kappa shape index (κ1) is 18.5. The molecule has 0 aliphatic carbocycles. The van der Waals surface area contributed by atoms with Gasteiger partial charge in [-0.3, -0.25) is 0 Å². The minimum absolute atomic E-state index is 0.934. The smallest absolute Gasteiger partial charge is 0.0527 e. The van der Waals surface area contributed by atoms with Crippen LogP contribution >= 0.6 is 0 Å². The monoisotopic (exact) mass is 390 g/mol. The number of hydrogen-bond acceptors (Lipinski definition) is 1. The summed E-state index contributed by atoms with van der Waals surface area (Å²) in [7, 11) is 2.12. The van der Waals surface area contributed by atoms with Gasteiger partial charge in [0, 0.05) is 41.3 Å². The summed E-state index contributed by atoms with van der Waals surface area (Å²) in [5.74, 6) is 0. The van der Waals surface area contributed by atoms with Crippen LogP contribution in [-0.2, 0) is 13.0 Å². The summed E-state index contributed by atoms with van der Waals surface area (Å²) in [6, 6.07) is 34.9. The Balaban J connectivity index is 1.50. The fraction of sp³-hybridized carbons (Fsp3) is 0.143. The Morgan fingerprint density at radius 3 is 2.10 bits per heavy atom. The summed E-state index contributed by atoms with van der Waals surface area (Å²) in [5, 5.41) is 2.70. The van der Waals surface area contributed by atoms with E-state index in [0.29, 0.717) is 0 Å². The van der Waals surface area contributed by atoms with Gasteiger partial charge in [-0.1, -0.05) is 66.7 Å². The van der Waals surface area contributed by atoms with Crippen LogP contribution in [0.3, 0.4) is 0 Å². The maximum absolute atomic E-state index is 2.46. The first-order valence-electron chi connectivity index (χ1n) is 10.6. The van der Waals surface area contributed by atoms with E-state index in [1.165, 1.54) is 44.3 Å². The summed E-state index contributed by atoms with van der Waals surface area (Å²) >= 11 is 0. The maximum atomic E-state index is 2.46. The third-order valence-corrected chi connectivity index (χ3v) is 6.05. The van der Waals surface area contributed by atoms with Gasteiger partial charge in [0.15, 0.2) is 0 Å². The highest BCUT2D eigenvalue weighted by Crippen LogP contribution is 2.32. The lowest BCUT2D eigenvalue weighted by Gasteiger charge is -2.19. The Kier molecular flexibility index (Phi) is 4.76. The van der Waals surface area contributed by atoms with Crippen molar-refractivity contribution in [2.24, 2.45) is 0 Å². The van der Waals surface area contributed by atoms with E-state index in [0.717, 1.165) is 13.0 Å². The molecule has 1 heterocycles. The third kappa shape index (κ3) is 3.15. The minimum Gasteiger partial charge on any atom is -0.345 e. The van der Waals surface area contributed by atoms with Crippen LogP contribution in [0.2, 0.25) is 0 Å². The second-order valence-corrected chi connectivity index (χ2v) is 7.81. The Morgan fingerprint density at radius 2 is 1.33 bits per heavy atom.